The number of methoxy groups -OCH3 is 1. The highest BCUT2D eigenvalue weighted by Gasteiger charge is 1.97. The molecule has 2 nitrogen and oxygen atoms in total. The van der Waals surface area contributed by atoms with E-state index in [9.17, 15) is 0 Å². The minimum Gasteiger partial charge on any atom is -0.497 e. The summed E-state index contributed by atoms with van der Waals surface area (Å²) in [6.45, 7) is 5.90. The van der Waals surface area contributed by atoms with Crippen molar-refractivity contribution in [2.75, 3.05) is 7.11 Å². The summed E-state index contributed by atoms with van der Waals surface area (Å²) < 4.78 is 4.96. The molecule has 0 amide bonds. The van der Waals surface area contributed by atoms with Crippen LogP contribution in [0.1, 0.15) is 25.0 Å². The summed E-state index contributed by atoms with van der Waals surface area (Å²) in [6.07, 6.45) is 0. The fourth-order valence-corrected chi connectivity index (χ4v) is 0.849. The van der Waals surface area contributed by atoms with Crippen LogP contribution in [-0.2, 0) is 0 Å². The Kier molecular flexibility index (Phi) is 5.38. The maximum Gasteiger partial charge on any atom is 0.120 e. The van der Waals surface area contributed by atoms with Crippen LogP contribution < -0.4 is 4.74 Å². The average Bonchev–Trinajstić information content (AvgIpc) is 2.22. The van der Waals surface area contributed by atoms with Crippen molar-refractivity contribution < 1.29 is 4.74 Å². The van der Waals surface area contributed by atoms with Gasteiger partial charge in [0.2, 0.25) is 0 Å². The van der Waals surface area contributed by atoms with Gasteiger partial charge >= 0.3 is 0 Å². The molecule has 0 atom stereocenters. The highest BCUT2D eigenvalue weighted by Crippen LogP contribution is 2.15. The van der Waals surface area contributed by atoms with Gasteiger partial charge in [-0.2, -0.15) is 5.26 Å². The number of hydrogen-bond acceptors (Lipinski definition) is 2. The van der Waals surface area contributed by atoms with E-state index in [-0.39, 0.29) is 0 Å². The van der Waals surface area contributed by atoms with Crippen molar-refractivity contribution in [2.45, 2.75) is 20.8 Å². The van der Waals surface area contributed by atoms with Crippen molar-refractivity contribution in [3.8, 4) is 11.8 Å². The fourth-order valence-electron chi connectivity index (χ4n) is 0.849. The summed E-state index contributed by atoms with van der Waals surface area (Å²) in [4.78, 5) is 0. The maximum atomic E-state index is 8.63. The Morgan fingerprint density at radius 2 is 1.92 bits per heavy atom. The van der Waals surface area contributed by atoms with Gasteiger partial charge in [-0.3, -0.25) is 0 Å². The predicted octanol–water partition coefficient (Wildman–Crippen LogP) is 2.90. The Bertz CT molecular complexity index is 299. The smallest absolute Gasteiger partial charge is 0.120 e. The number of nitrogens with zero attached hydrogens (tertiary/aromatic N) is 1. The van der Waals surface area contributed by atoms with E-state index in [0.29, 0.717) is 5.56 Å². The van der Waals surface area contributed by atoms with Gasteiger partial charge in [0.1, 0.15) is 5.75 Å². The van der Waals surface area contributed by atoms with Gasteiger partial charge in [0.15, 0.2) is 0 Å². The van der Waals surface area contributed by atoms with E-state index in [1.807, 2.05) is 32.9 Å². The Hall–Kier alpha value is -1.49. The molecule has 0 heterocycles. The Morgan fingerprint density at radius 3 is 2.38 bits per heavy atom. The van der Waals surface area contributed by atoms with Crippen molar-refractivity contribution in [3.05, 3.63) is 29.3 Å². The standard InChI is InChI=1S/C9H9NO.C2H6/c1-7-3-4-9(11-2)5-8(7)6-10;1-2/h3-5H,1-2H3;1-2H3. The Labute approximate surface area is 79.8 Å². The van der Waals surface area contributed by atoms with E-state index in [1.54, 1.807) is 13.2 Å². The fraction of sp³-hybridized carbons (Fsp3) is 0.364. The second kappa shape index (κ2) is 6.07. The number of aryl methyl sites for hydroxylation is 1. The highest BCUT2D eigenvalue weighted by molar-refractivity contribution is 5.42. The van der Waals surface area contributed by atoms with Crippen LogP contribution in [0.4, 0.5) is 0 Å². The van der Waals surface area contributed by atoms with Crippen LogP contribution in [0.15, 0.2) is 18.2 Å². The molecular weight excluding hydrogens is 162 g/mol. The molecule has 13 heavy (non-hydrogen) atoms. The number of hydrogen-bond donors (Lipinski definition) is 0. The molecule has 70 valence electrons. The molecule has 0 saturated carbocycles. The molecular formula is C11H15NO. The quantitative estimate of drug-likeness (QED) is 0.660. The number of rotatable bonds is 1. The SMILES string of the molecule is CC.COc1ccc(C)c(C#N)c1. The lowest BCUT2D eigenvalue weighted by Crippen LogP contribution is -1.86. The van der Waals surface area contributed by atoms with E-state index >= 15 is 0 Å². The van der Waals surface area contributed by atoms with Crippen LogP contribution in [0.5, 0.6) is 5.75 Å². The van der Waals surface area contributed by atoms with E-state index in [1.165, 1.54) is 0 Å². The number of benzene rings is 1. The van der Waals surface area contributed by atoms with Crippen LogP contribution in [0.3, 0.4) is 0 Å². The van der Waals surface area contributed by atoms with Crippen molar-refractivity contribution in [3.63, 3.8) is 0 Å². The van der Waals surface area contributed by atoms with Gasteiger partial charge in [-0.1, -0.05) is 19.9 Å². The van der Waals surface area contributed by atoms with Gasteiger partial charge in [-0.05, 0) is 24.6 Å². The molecule has 2 heteroatoms. The largest absolute Gasteiger partial charge is 0.497 e. The van der Waals surface area contributed by atoms with Gasteiger partial charge in [0.25, 0.3) is 0 Å². The van der Waals surface area contributed by atoms with E-state index < -0.39 is 0 Å². The zero-order valence-electron chi connectivity index (χ0n) is 8.59. The molecule has 0 N–H and O–H groups in total. The first kappa shape index (κ1) is 11.5. The summed E-state index contributed by atoms with van der Waals surface area (Å²) in [5.74, 6) is 0.729. The molecule has 0 aliphatic carbocycles. The molecule has 1 aromatic rings. The molecule has 0 aromatic heterocycles. The second-order valence-corrected chi connectivity index (χ2v) is 2.29. The number of nitriles is 1. The molecule has 1 rings (SSSR count). The zero-order chi connectivity index (χ0) is 10.3. The van der Waals surface area contributed by atoms with Gasteiger partial charge in [-0.15, -0.1) is 0 Å². The summed E-state index contributed by atoms with van der Waals surface area (Å²) in [5, 5.41) is 8.63. The zero-order valence-corrected chi connectivity index (χ0v) is 8.59. The summed E-state index contributed by atoms with van der Waals surface area (Å²) in [6, 6.07) is 7.54. The Balaban J connectivity index is 0.000000671. The lowest BCUT2D eigenvalue weighted by Gasteiger charge is -2.00. The molecule has 0 fully saturated rings. The minimum absolute atomic E-state index is 0.671. The third-order valence-electron chi connectivity index (χ3n) is 1.57. The molecule has 0 radical (unpaired) electrons. The lowest BCUT2D eigenvalue weighted by molar-refractivity contribution is 0.414. The monoisotopic (exact) mass is 177 g/mol. The van der Waals surface area contributed by atoms with Gasteiger partial charge in [-0.25, -0.2) is 0 Å². The second-order valence-electron chi connectivity index (χ2n) is 2.29. The van der Waals surface area contributed by atoms with Crippen molar-refractivity contribution >= 4 is 0 Å². The summed E-state index contributed by atoms with van der Waals surface area (Å²) in [7, 11) is 1.59. The van der Waals surface area contributed by atoms with Crippen molar-refractivity contribution in [2.24, 2.45) is 0 Å². The minimum atomic E-state index is 0.671. The van der Waals surface area contributed by atoms with E-state index in [2.05, 4.69) is 6.07 Å². The number of ether oxygens (including phenoxy) is 1. The molecule has 0 bridgehead atoms. The maximum absolute atomic E-state index is 8.63. The first-order valence-electron chi connectivity index (χ1n) is 4.32. The highest BCUT2D eigenvalue weighted by atomic mass is 16.5. The average molecular weight is 177 g/mol. The Morgan fingerprint density at radius 1 is 1.31 bits per heavy atom. The molecule has 0 saturated heterocycles. The predicted molar refractivity (Wildman–Crippen MR) is 53.8 cm³/mol. The van der Waals surface area contributed by atoms with Crippen LogP contribution in [-0.4, -0.2) is 7.11 Å². The van der Waals surface area contributed by atoms with Gasteiger partial charge in [0, 0.05) is 0 Å². The molecule has 0 spiro atoms. The topological polar surface area (TPSA) is 33.0 Å². The van der Waals surface area contributed by atoms with Crippen LogP contribution in [0.25, 0.3) is 0 Å². The molecule has 0 aliphatic rings. The first-order valence-corrected chi connectivity index (χ1v) is 4.32. The van der Waals surface area contributed by atoms with Crippen LogP contribution in [0, 0.1) is 18.3 Å². The molecule has 0 aliphatic heterocycles. The van der Waals surface area contributed by atoms with E-state index in [4.69, 9.17) is 10.00 Å². The normalized spacial score (nSPS) is 7.92. The van der Waals surface area contributed by atoms with Crippen molar-refractivity contribution in [1.82, 2.24) is 0 Å². The van der Waals surface area contributed by atoms with Crippen molar-refractivity contribution in [1.29, 1.82) is 5.26 Å². The summed E-state index contributed by atoms with van der Waals surface area (Å²) in [5.41, 5.74) is 1.65. The van der Waals surface area contributed by atoms with Gasteiger partial charge in [0.05, 0.1) is 18.7 Å². The first-order chi connectivity index (χ1) is 6.27. The lowest BCUT2D eigenvalue weighted by atomic mass is 10.1. The molecule has 1 aromatic carbocycles. The van der Waals surface area contributed by atoms with Crippen LogP contribution >= 0.6 is 0 Å². The van der Waals surface area contributed by atoms with Crippen LogP contribution in [0.2, 0.25) is 0 Å². The third kappa shape index (κ3) is 3.16. The molecule has 0 unspecified atom stereocenters. The third-order valence-corrected chi connectivity index (χ3v) is 1.57. The van der Waals surface area contributed by atoms with E-state index in [0.717, 1.165) is 11.3 Å². The van der Waals surface area contributed by atoms with Gasteiger partial charge < -0.3 is 4.74 Å². The summed E-state index contributed by atoms with van der Waals surface area (Å²) >= 11 is 0.